The van der Waals surface area contributed by atoms with Gasteiger partial charge in [-0.2, -0.15) is 0 Å². The Balaban J connectivity index is 2.92. The summed E-state index contributed by atoms with van der Waals surface area (Å²) in [6, 6.07) is 7.32. The van der Waals surface area contributed by atoms with Crippen molar-refractivity contribution in [3.8, 4) is 0 Å². The monoisotopic (exact) mass is 186 g/mol. The van der Waals surface area contributed by atoms with Gasteiger partial charge >= 0.3 is 0 Å². The zero-order chi connectivity index (χ0) is 8.97. The van der Waals surface area contributed by atoms with Crippen LogP contribution >= 0.6 is 11.6 Å². The van der Waals surface area contributed by atoms with E-state index in [1.165, 1.54) is 0 Å². The molecule has 1 aromatic carbocycles. The van der Waals surface area contributed by atoms with Crippen LogP contribution in [0.1, 0.15) is 11.7 Å². The van der Waals surface area contributed by atoms with Gasteiger partial charge in [0.2, 0.25) is 0 Å². The third-order valence-corrected chi connectivity index (χ3v) is 2.05. The lowest BCUT2D eigenvalue weighted by atomic mass is 10.1. The molecule has 1 atom stereocenters. The normalized spacial score (nSPS) is 12.9. The van der Waals surface area contributed by atoms with Crippen LogP contribution in [0.5, 0.6) is 0 Å². The molecule has 66 valence electrons. The maximum atomic E-state index is 8.92. The topological polar surface area (TPSA) is 29.5 Å². The van der Waals surface area contributed by atoms with Gasteiger partial charge in [0.15, 0.2) is 0 Å². The van der Waals surface area contributed by atoms with Crippen molar-refractivity contribution in [3.05, 3.63) is 34.9 Å². The molecular weight excluding hydrogens is 176 g/mol. The standard InChI is InChI=1S/C9H11ClO2/c1-12-9(6-11)7-4-2-3-5-8(7)10/h2-5,9,11H,6H2,1H3. The first kappa shape index (κ1) is 9.52. The third-order valence-electron chi connectivity index (χ3n) is 1.70. The highest BCUT2D eigenvalue weighted by molar-refractivity contribution is 6.31. The summed E-state index contributed by atoms with van der Waals surface area (Å²) < 4.78 is 5.03. The van der Waals surface area contributed by atoms with Crippen LogP contribution in [0.15, 0.2) is 24.3 Å². The quantitative estimate of drug-likeness (QED) is 0.783. The van der Waals surface area contributed by atoms with Gasteiger partial charge in [0, 0.05) is 17.7 Å². The summed E-state index contributed by atoms with van der Waals surface area (Å²) in [7, 11) is 1.55. The van der Waals surface area contributed by atoms with Gasteiger partial charge in [-0.25, -0.2) is 0 Å². The highest BCUT2D eigenvalue weighted by Gasteiger charge is 2.11. The van der Waals surface area contributed by atoms with Crippen LogP contribution in [0.2, 0.25) is 5.02 Å². The molecule has 0 aliphatic rings. The Bertz CT molecular complexity index is 246. The molecule has 0 saturated carbocycles. The Morgan fingerprint density at radius 2 is 2.17 bits per heavy atom. The van der Waals surface area contributed by atoms with Gasteiger partial charge in [-0.3, -0.25) is 0 Å². The first-order valence-corrected chi connectivity index (χ1v) is 4.05. The van der Waals surface area contributed by atoms with Crippen molar-refractivity contribution in [1.29, 1.82) is 0 Å². The number of hydrogen-bond acceptors (Lipinski definition) is 2. The number of methoxy groups -OCH3 is 1. The highest BCUT2D eigenvalue weighted by Crippen LogP contribution is 2.23. The summed E-state index contributed by atoms with van der Waals surface area (Å²) in [5.74, 6) is 0. The van der Waals surface area contributed by atoms with E-state index in [0.717, 1.165) is 5.56 Å². The molecule has 0 aliphatic heterocycles. The number of halogens is 1. The number of aliphatic hydroxyl groups is 1. The molecule has 0 heterocycles. The van der Waals surface area contributed by atoms with Gasteiger partial charge in [-0.05, 0) is 6.07 Å². The summed E-state index contributed by atoms with van der Waals surface area (Å²) in [6.07, 6.45) is -0.321. The number of hydrogen-bond donors (Lipinski definition) is 1. The molecule has 1 aromatic rings. The second kappa shape index (κ2) is 4.45. The lowest BCUT2D eigenvalue weighted by Gasteiger charge is -2.13. The molecule has 12 heavy (non-hydrogen) atoms. The van der Waals surface area contributed by atoms with E-state index in [2.05, 4.69) is 0 Å². The fourth-order valence-electron chi connectivity index (χ4n) is 1.04. The molecule has 0 fully saturated rings. The summed E-state index contributed by atoms with van der Waals surface area (Å²) in [6.45, 7) is -0.0553. The SMILES string of the molecule is COC(CO)c1ccccc1Cl. The van der Waals surface area contributed by atoms with E-state index in [-0.39, 0.29) is 12.7 Å². The first-order valence-electron chi connectivity index (χ1n) is 3.67. The second-order valence-electron chi connectivity index (χ2n) is 2.43. The molecular formula is C9H11ClO2. The Morgan fingerprint density at radius 1 is 1.50 bits per heavy atom. The van der Waals surface area contributed by atoms with Crippen LogP contribution in [-0.2, 0) is 4.74 Å². The van der Waals surface area contributed by atoms with Crippen LogP contribution in [-0.4, -0.2) is 18.8 Å². The van der Waals surface area contributed by atoms with E-state index in [4.69, 9.17) is 21.4 Å². The van der Waals surface area contributed by atoms with Gasteiger partial charge in [0.1, 0.15) is 6.10 Å². The lowest BCUT2D eigenvalue weighted by Crippen LogP contribution is -2.06. The average molecular weight is 187 g/mol. The largest absolute Gasteiger partial charge is 0.393 e. The minimum absolute atomic E-state index is 0.0553. The molecule has 0 aliphatic carbocycles. The van der Waals surface area contributed by atoms with Crippen molar-refractivity contribution in [2.75, 3.05) is 13.7 Å². The van der Waals surface area contributed by atoms with Crippen LogP contribution in [0.25, 0.3) is 0 Å². The molecule has 1 N–H and O–H groups in total. The van der Waals surface area contributed by atoms with Crippen molar-refractivity contribution >= 4 is 11.6 Å². The molecule has 0 bridgehead atoms. The Labute approximate surface area is 76.7 Å². The van der Waals surface area contributed by atoms with Crippen molar-refractivity contribution in [3.63, 3.8) is 0 Å². The van der Waals surface area contributed by atoms with E-state index >= 15 is 0 Å². The Hall–Kier alpha value is -0.570. The molecule has 0 aromatic heterocycles. The van der Waals surface area contributed by atoms with Crippen molar-refractivity contribution in [2.24, 2.45) is 0 Å². The van der Waals surface area contributed by atoms with Gasteiger partial charge in [-0.15, -0.1) is 0 Å². The van der Waals surface area contributed by atoms with Gasteiger partial charge < -0.3 is 9.84 Å². The maximum absolute atomic E-state index is 8.92. The van der Waals surface area contributed by atoms with E-state index in [0.29, 0.717) is 5.02 Å². The predicted octanol–water partition coefficient (Wildman–Crippen LogP) is 2.02. The molecule has 2 nitrogen and oxygen atoms in total. The zero-order valence-electron chi connectivity index (χ0n) is 6.83. The maximum Gasteiger partial charge on any atom is 0.107 e. The number of ether oxygens (including phenoxy) is 1. The Morgan fingerprint density at radius 3 is 2.67 bits per heavy atom. The summed E-state index contributed by atoms with van der Waals surface area (Å²) in [5, 5.41) is 9.54. The lowest BCUT2D eigenvalue weighted by molar-refractivity contribution is 0.0485. The molecule has 0 amide bonds. The van der Waals surface area contributed by atoms with Gasteiger partial charge in [0.05, 0.1) is 6.61 Å². The third kappa shape index (κ3) is 1.97. The zero-order valence-corrected chi connectivity index (χ0v) is 7.58. The smallest absolute Gasteiger partial charge is 0.107 e. The van der Waals surface area contributed by atoms with Crippen molar-refractivity contribution in [1.82, 2.24) is 0 Å². The fraction of sp³-hybridized carbons (Fsp3) is 0.333. The van der Waals surface area contributed by atoms with E-state index in [9.17, 15) is 0 Å². The van der Waals surface area contributed by atoms with Crippen LogP contribution in [0.4, 0.5) is 0 Å². The fourth-order valence-corrected chi connectivity index (χ4v) is 1.29. The minimum Gasteiger partial charge on any atom is -0.393 e. The highest BCUT2D eigenvalue weighted by atomic mass is 35.5. The van der Waals surface area contributed by atoms with Crippen LogP contribution in [0, 0.1) is 0 Å². The van der Waals surface area contributed by atoms with Crippen molar-refractivity contribution < 1.29 is 9.84 Å². The van der Waals surface area contributed by atoms with E-state index < -0.39 is 0 Å². The minimum atomic E-state index is -0.321. The number of benzene rings is 1. The Kier molecular flexibility index (Phi) is 3.53. The predicted molar refractivity (Wildman–Crippen MR) is 48.3 cm³/mol. The molecule has 0 spiro atoms. The molecule has 1 unspecified atom stereocenters. The number of rotatable bonds is 3. The summed E-state index contributed by atoms with van der Waals surface area (Å²) in [4.78, 5) is 0. The van der Waals surface area contributed by atoms with E-state index in [1.54, 1.807) is 13.2 Å². The average Bonchev–Trinajstić information content (AvgIpc) is 2.10. The number of aliphatic hydroxyl groups excluding tert-OH is 1. The van der Waals surface area contributed by atoms with E-state index in [1.807, 2.05) is 18.2 Å². The molecule has 3 heteroatoms. The van der Waals surface area contributed by atoms with Gasteiger partial charge in [-0.1, -0.05) is 29.8 Å². The second-order valence-corrected chi connectivity index (χ2v) is 2.84. The van der Waals surface area contributed by atoms with Crippen LogP contribution in [0.3, 0.4) is 0 Å². The summed E-state index contributed by atoms with van der Waals surface area (Å²) >= 11 is 5.89. The molecule has 1 rings (SSSR count). The summed E-state index contributed by atoms with van der Waals surface area (Å²) in [5.41, 5.74) is 0.823. The van der Waals surface area contributed by atoms with Crippen LogP contribution < -0.4 is 0 Å². The molecule has 0 saturated heterocycles. The van der Waals surface area contributed by atoms with Crippen molar-refractivity contribution in [2.45, 2.75) is 6.10 Å². The first-order chi connectivity index (χ1) is 5.79. The molecule has 0 radical (unpaired) electrons. The van der Waals surface area contributed by atoms with Gasteiger partial charge in [0.25, 0.3) is 0 Å².